The second kappa shape index (κ2) is 10.4. The Bertz CT molecular complexity index is 1400. The largest absolute Gasteiger partial charge is 0.464 e. The minimum atomic E-state index is -0.593. The van der Waals surface area contributed by atoms with E-state index in [4.69, 9.17) is 9.41 Å². The Morgan fingerprint density at radius 3 is 2.38 bits per heavy atom. The average Bonchev–Trinajstić information content (AvgIpc) is 3.78. The van der Waals surface area contributed by atoms with Crippen LogP contribution in [0.25, 0.3) is 22.1 Å². The summed E-state index contributed by atoms with van der Waals surface area (Å²) >= 11 is 0. The number of amidine groups is 1. The van der Waals surface area contributed by atoms with Crippen molar-refractivity contribution in [2.45, 2.75) is 50.5 Å². The van der Waals surface area contributed by atoms with Crippen LogP contribution in [0.2, 0.25) is 0 Å². The van der Waals surface area contributed by atoms with Crippen molar-refractivity contribution in [3.63, 3.8) is 0 Å². The zero-order valence-corrected chi connectivity index (χ0v) is 23.3. The van der Waals surface area contributed by atoms with Crippen LogP contribution in [0, 0.1) is 5.92 Å². The first-order valence-corrected chi connectivity index (χ1v) is 14.1. The third kappa shape index (κ3) is 4.62. The van der Waals surface area contributed by atoms with Gasteiger partial charge in [0.2, 0.25) is 0 Å². The van der Waals surface area contributed by atoms with E-state index in [1.54, 1.807) is 6.26 Å². The Labute approximate surface area is 236 Å². The molecule has 3 aliphatic heterocycles. The number of likely N-dealkylation sites (tertiary alicyclic amines) is 2. The maximum Gasteiger partial charge on any atom is 0.320 e. The number of fused-ring (bicyclic) bond motifs is 1. The smallest absolute Gasteiger partial charge is 0.320 e. The fourth-order valence-corrected chi connectivity index (χ4v) is 6.81. The first-order chi connectivity index (χ1) is 18.6. The molecule has 0 bridgehead atoms. The van der Waals surface area contributed by atoms with Crippen LogP contribution in [0.15, 0.2) is 64.2 Å². The zero-order chi connectivity index (χ0) is 25.7. The molecule has 4 heterocycles. The lowest BCUT2D eigenvalue weighted by atomic mass is 9.97. The van der Waals surface area contributed by atoms with E-state index in [0.717, 1.165) is 105 Å². The number of hydrogen-bond donors (Lipinski definition) is 0. The number of nitrogens with zero attached hydrogens (tertiary/aromatic N) is 4. The molecular weight excluding hydrogens is 508 g/mol. The minimum Gasteiger partial charge on any atom is -0.464 e. The Kier molecular flexibility index (Phi) is 6.91. The van der Waals surface area contributed by atoms with Crippen molar-refractivity contribution in [3.8, 4) is 11.1 Å². The molecule has 3 aromatic rings. The van der Waals surface area contributed by atoms with Crippen LogP contribution in [-0.2, 0) is 4.79 Å². The van der Waals surface area contributed by atoms with E-state index in [0.29, 0.717) is 6.54 Å². The summed E-state index contributed by atoms with van der Waals surface area (Å²) in [7, 11) is 0. The predicted molar refractivity (Wildman–Crippen MR) is 157 cm³/mol. The van der Waals surface area contributed by atoms with Crippen LogP contribution < -0.4 is 0 Å². The van der Waals surface area contributed by atoms with Gasteiger partial charge in [-0.2, -0.15) is 13.5 Å². The van der Waals surface area contributed by atoms with Crippen LogP contribution >= 0.6 is 13.5 Å². The van der Waals surface area contributed by atoms with E-state index in [1.165, 1.54) is 0 Å². The van der Waals surface area contributed by atoms with E-state index >= 15 is 0 Å². The first kappa shape index (κ1) is 26.0. The molecule has 1 saturated carbocycles. The lowest BCUT2D eigenvalue weighted by Gasteiger charge is -2.26. The molecule has 7 nitrogen and oxygen atoms in total. The second-order valence-corrected chi connectivity index (χ2v) is 11.4. The lowest BCUT2D eigenvalue weighted by Crippen LogP contribution is -2.44. The third-order valence-corrected chi connectivity index (χ3v) is 8.95. The summed E-state index contributed by atoms with van der Waals surface area (Å²) in [6.45, 7) is 3.86. The average molecular weight is 545 g/mol. The molecule has 1 aromatic heterocycles. The Morgan fingerprint density at radius 2 is 1.62 bits per heavy atom. The van der Waals surface area contributed by atoms with Gasteiger partial charge in [0.05, 0.1) is 6.26 Å². The maximum atomic E-state index is 13.8. The molecule has 0 unspecified atom stereocenters. The molecule has 7 rings (SSSR count). The Balaban J connectivity index is 0.00000277. The lowest BCUT2D eigenvalue weighted by molar-refractivity contribution is -0.131. The minimum absolute atomic E-state index is 0. The molecule has 3 fully saturated rings. The highest BCUT2D eigenvalue weighted by Crippen LogP contribution is 2.41. The van der Waals surface area contributed by atoms with Gasteiger partial charge in [0, 0.05) is 43.7 Å². The van der Waals surface area contributed by atoms with Gasteiger partial charge in [-0.1, -0.05) is 43.2 Å². The van der Waals surface area contributed by atoms with Crippen molar-refractivity contribution in [1.82, 2.24) is 14.7 Å². The fraction of sp³-hybridized carbons (Fsp3) is 0.452. The van der Waals surface area contributed by atoms with Crippen molar-refractivity contribution >= 4 is 42.2 Å². The molecule has 1 spiro atoms. The number of carbonyl (C=O) groups is 2. The topological polar surface area (TPSA) is 69.4 Å². The van der Waals surface area contributed by atoms with E-state index in [9.17, 15) is 9.59 Å². The quantitative estimate of drug-likeness (QED) is 0.426. The molecule has 0 N–H and O–H groups in total. The Morgan fingerprint density at radius 1 is 0.897 bits per heavy atom. The maximum absolute atomic E-state index is 13.8. The molecule has 8 heteroatoms. The van der Waals surface area contributed by atoms with Crippen molar-refractivity contribution < 1.29 is 14.0 Å². The van der Waals surface area contributed by atoms with E-state index in [-0.39, 0.29) is 31.4 Å². The molecule has 0 radical (unpaired) electrons. The van der Waals surface area contributed by atoms with Gasteiger partial charge in [-0.15, -0.1) is 0 Å². The molecule has 2 saturated heterocycles. The summed E-state index contributed by atoms with van der Waals surface area (Å²) < 4.78 is 5.49. The van der Waals surface area contributed by atoms with Gasteiger partial charge < -0.3 is 14.2 Å². The van der Waals surface area contributed by atoms with Crippen LogP contribution in [0.3, 0.4) is 0 Å². The van der Waals surface area contributed by atoms with Crippen molar-refractivity contribution in [2.75, 3.05) is 32.7 Å². The molecule has 1 aliphatic carbocycles. The first-order valence-electron chi connectivity index (χ1n) is 14.1. The monoisotopic (exact) mass is 544 g/mol. The van der Waals surface area contributed by atoms with Crippen molar-refractivity contribution in [2.24, 2.45) is 10.9 Å². The van der Waals surface area contributed by atoms with Crippen LogP contribution in [0.5, 0.6) is 0 Å². The number of benzene rings is 2. The molecule has 4 aliphatic rings. The van der Waals surface area contributed by atoms with Crippen LogP contribution in [0.4, 0.5) is 4.79 Å². The summed E-state index contributed by atoms with van der Waals surface area (Å²) in [4.78, 5) is 37.8. The second-order valence-electron chi connectivity index (χ2n) is 11.4. The molecule has 3 amide bonds. The van der Waals surface area contributed by atoms with Gasteiger partial charge in [-0.25, -0.2) is 4.79 Å². The zero-order valence-electron chi connectivity index (χ0n) is 22.3. The summed E-state index contributed by atoms with van der Waals surface area (Å²) in [6, 6.07) is 16.8. The molecule has 1 atom stereocenters. The SMILES string of the molecule is O=C(N1CCCC1)N1CC[C@@H](CN2C(=O)C3(CCCC3)N=C2c2ccc(-c3ccc4occc4c3)cc2)C1.S. The van der Waals surface area contributed by atoms with E-state index in [1.807, 2.05) is 26.8 Å². The number of rotatable bonds is 4. The molecular formula is C31H36N4O3S. The number of urea groups is 1. The summed E-state index contributed by atoms with van der Waals surface area (Å²) in [6.07, 6.45) is 8.61. The number of aliphatic imine (C=N–C) groups is 1. The van der Waals surface area contributed by atoms with Gasteiger partial charge in [-0.05, 0) is 67.3 Å². The highest BCUT2D eigenvalue weighted by atomic mass is 32.1. The van der Waals surface area contributed by atoms with E-state index < -0.39 is 5.54 Å². The highest BCUT2D eigenvalue weighted by Gasteiger charge is 2.50. The highest BCUT2D eigenvalue weighted by molar-refractivity contribution is 7.59. The third-order valence-electron chi connectivity index (χ3n) is 8.95. The predicted octanol–water partition coefficient (Wildman–Crippen LogP) is 5.65. The number of furan rings is 1. The number of amides is 3. The molecule has 39 heavy (non-hydrogen) atoms. The van der Waals surface area contributed by atoms with Gasteiger partial charge in [0.25, 0.3) is 5.91 Å². The summed E-state index contributed by atoms with van der Waals surface area (Å²) in [5.74, 6) is 1.23. The summed E-state index contributed by atoms with van der Waals surface area (Å²) in [5, 5.41) is 1.08. The van der Waals surface area contributed by atoms with Crippen molar-refractivity contribution in [1.29, 1.82) is 0 Å². The van der Waals surface area contributed by atoms with Gasteiger partial charge >= 0.3 is 6.03 Å². The Hall–Kier alpha value is -3.26. The number of hydrogen-bond acceptors (Lipinski definition) is 4. The molecule has 204 valence electrons. The van der Waals surface area contributed by atoms with Crippen LogP contribution in [-0.4, -0.2) is 70.7 Å². The normalized spacial score (nSPS) is 22.3. The molecule has 2 aromatic carbocycles. The summed E-state index contributed by atoms with van der Waals surface area (Å²) in [5.41, 5.74) is 3.53. The van der Waals surface area contributed by atoms with Gasteiger partial charge in [0.1, 0.15) is 17.0 Å². The van der Waals surface area contributed by atoms with Gasteiger partial charge in [-0.3, -0.25) is 14.7 Å². The fourth-order valence-electron chi connectivity index (χ4n) is 6.81. The van der Waals surface area contributed by atoms with Crippen molar-refractivity contribution in [3.05, 3.63) is 60.4 Å². The van der Waals surface area contributed by atoms with E-state index in [2.05, 4.69) is 36.4 Å². The van der Waals surface area contributed by atoms with Crippen LogP contribution in [0.1, 0.15) is 50.5 Å². The number of carbonyl (C=O) groups excluding carboxylic acids is 2. The van der Waals surface area contributed by atoms with Gasteiger partial charge in [0.15, 0.2) is 0 Å². The standard InChI is InChI=1S/C31H34N4O3.H2S/c36-29-31(13-1-2-14-31)32-28(35(29)21-22-11-17-34(20-22)30(37)33-15-3-4-16-33)24-7-5-23(6-8-24)25-9-10-27-26(19-25)12-18-38-27;/h5-10,12,18-19,22H,1-4,11,13-17,20-21H2;1H2/t22-;/m1./s1.